The molecule has 2 rings (SSSR count). The van der Waals surface area contributed by atoms with Crippen LogP contribution in [0.15, 0.2) is 60.7 Å². The van der Waals surface area contributed by atoms with E-state index in [1.807, 2.05) is 0 Å². The van der Waals surface area contributed by atoms with E-state index < -0.39 is 34.1 Å². The Morgan fingerprint density at radius 3 is 1.82 bits per heavy atom. The van der Waals surface area contributed by atoms with Gasteiger partial charge in [0.05, 0.1) is 5.69 Å². The Kier molecular flexibility index (Phi) is 4.18. The number of anilines is 1. The predicted molar refractivity (Wildman–Crippen MR) is 71.4 cm³/mol. The minimum atomic E-state index is -5.38. The standard InChI is InChI=1S/C15H11F4NO2/c16-15(17,18)14(22,11-7-3-1-4-8-11)13(21)20(19)12-9-5-2-6-10-12/h1-10,22H. The maximum atomic E-state index is 14.1. The number of hydrogen-bond donors (Lipinski definition) is 1. The Morgan fingerprint density at radius 2 is 1.36 bits per heavy atom. The summed E-state index contributed by atoms with van der Waals surface area (Å²) in [6.07, 6.45) is -5.38. The molecule has 0 saturated heterocycles. The van der Waals surface area contributed by atoms with Crippen LogP contribution < -0.4 is 5.12 Å². The van der Waals surface area contributed by atoms with Gasteiger partial charge in [0.15, 0.2) is 0 Å². The van der Waals surface area contributed by atoms with Gasteiger partial charge in [-0.2, -0.15) is 13.2 Å². The molecule has 0 aliphatic rings. The monoisotopic (exact) mass is 313 g/mol. The molecule has 0 bridgehead atoms. The summed E-state index contributed by atoms with van der Waals surface area (Å²) >= 11 is 0. The van der Waals surface area contributed by atoms with Crippen molar-refractivity contribution >= 4 is 11.6 Å². The Labute approximate surface area is 123 Å². The normalized spacial score (nSPS) is 14.2. The van der Waals surface area contributed by atoms with Crippen molar-refractivity contribution in [1.82, 2.24) is 0 Å². The van der Waals surface area contributed by atoms with Crippen molar-refractivity contribution in [1.29, 1.82) is 0 Å². The number of carbonyl (C=O) groups excluding carboxylic acids is 1. The Balaban J connectivity index is 2.49. The van der Waals surface area contributed by atoms with Crippen LogP contribution in [0.2, 0.25) is 0 Å². The summed E-state index contributed by atoms with van der Waals surface area (Å²) in [5.74, 6) is -2.13. The predicted octanol–water partition coefficient (Wildman–Crippen LogP) is 3.35. The average molecular weight is 313 g/mol. The van der Waals surface area contributed by atoms with Gasteiger partial charge in [-0.25, -0.2) is 0 Å². The van der Waals surface area contributed by atoms with Gasteiger partial charge in [0, 0.05) is 5.56 Å². The van der Waals surface area contributed by atoms with Gasteiger partial charge in [0.2, 0.25) is 0 Å². The van der Waals surface area contributed by atoms with E-state index in [2.05, 4.69) is 0 Å². The molecule has 2 aromatic carbocycles. The molecule has 116 valence electrons. The maximum Gasteiger partial charge on any atom is 0.430 e. The van der Waals surface area contributed by atoms with Crippen LogP contribution in [-0.4, -0.2) is 17.2 Å². The van der Waals surface area contributed by atoms with Gasteiger partial charge in [0.1, 0.15) is 0 Å². The second kappa shape index (κ2) is 5.76. The number of benzene rings is 2. The molecule has 0 saturated carbocycles. The molecule has 0 aromatic heterocycles. The molecule has 1 N–H and O–H groups in total. The second-order valence-electron chi connectivity index (χ2n) is 4.50. The first kappa shape index (κ1) is 16.0. The molecule has 22 heavy (non-hydrogen) atoms. The Bertz CT molecular complexity index is 646. The third kappa shape index (κ3) is 2.67. The van der Waals surface area contributed by atoms with Crippen molar-refractivity contribution in [3.8, 4) is 0 Å². The lowest BCUT2D eigenvalue weighted by molar-refractivity contribution is -0.256. The van der Waals surface area contributed by atoms with E-state index in [1.165, 1.54) is 36.4 Å². The first-order chi connectivity index (χ1) is 10.3. The molecule has 7 heteroatoms. The summed E-state index contributed by atoms with van der Waals surface area (Å²) in [4.78, 5) is 12.0. The molecule has 0 heterocycles. The van der Waals surface area contributed by atoms with E-state index in [0.29, 0.717) is 0 Å². The molecule has 2 aromatic rings. The fraction of sp³-hybridized carbons (Fsp3) is 0.133. The number of hydrogen-bond acceptors (Lipinski definition) is 2. The first-order valence-corrected chi connectivity index (χ1v) is 6.18. The van der Waals surface area contributed by atoms with Crippen LogP contribution in [0.3, 0.4) is 0 Å². The number of carbonyl (C=O) groups is 1. The highest BCUT2D eigenvalue weighted by molar-refractivity contribution is 5.98. The van der Waals surface area contributed by atoms with Crippen LogP contribution in [0, 0.1) is 0 Å². The largest absolute Gasteiger partial charge is 0.430 e. The third-order valence-corrected chi connectivity index (χ3v) is 3.07. The van der Waals surface area contributed by atoms with Gasteiger partial charge in [-0.15, -0.1) is 5.12 Å². The van der Waals surface area contributed by atoms with Gasteiger partial charge in [-0.3, -0.25) is 4.79 Å². The van der Waals surface area contributed by atoms with Gasteiger partial charge in [0.25, 0.3) is 5.60 Å². The van der Waals surface area contributed by atoms with Gasteiger partial charge in [-0.1, -0.05) is 53.0 Å². The van der Waals surface area contributed by atoms with Crippen LogP contribution in [0.5, 0.6) is 0 Å². The molecule has 0 fully saturated rings. The maximum absolute atomic E-state index is 14.1. The lowest BCUT2D eigenvalue weighted by Gasteiger charge is -2.31. The van der Waals surface area contributed by atoms with E-state index in [9.17, 15) is 27.6 Å². The molecule has 1 unspecified atom stereocenters. The van der Waals surface area contributed by atoms with Crippen molar-refractivity contribution in [2.45, 2.75) is 11.8 Å². The minimum Gasteiger partial charge on any atom is -0.368 e. The summed E-state index contributed by atoms with van der Waals surface area (Å²) in [5, 5.41) is 9.26. The van der Waals surface area contributed by atoms with Crippen molar-refractivity contribution in [2.24, 2.45) is 0 Å². The second-order valence-corrected chi connectivity index (χ2v) is 4.50. The third-order valence-electron chi connectivity index (χ3n) is 3.07. The van der Waals surface area contributed by atoms with Crippen molar-refractivity contribution in [3.05, 3.63) is 66.2 Å². The topological polar surface area (TPSA) is 40.5 Å². The molecule has 0 spiro atoms. The molecular formula is C15H11F4NO2. The number of halogens is 4. The minimum absolute atomic E-state index is 0.411. The van der Waals surface area contributed by atoms with E-state index in [1.54, 1.807) is 0 Å². The van der Waals surface area contributed by atoms with Crippen LogP contribution >= 0.6 is 0 Å². The quantitative estimate of drug-likeness (QED) is 0.697. The van der Waals surface area contributed by atoms with E-state index in [0.717, 1.165) is 24.3 Å². The highest BCUT2D eigenvalue weighted by Gasteiger charge is 2.62. The molecule has 1 amide bonds. The fourth-order valence-corrected chi connectivity index (χ4v) is 1.91. The van der Waals surface area contributed by atoms with Crippen LogP contribution in [0.25, 0.3) is 0 Å². The van der Waals surface area contributed by atoms with Crippen LogP contribution in [-0.2, 0) is 10.4 Å². The molecule has 0 aliphatic heterocycles. The Morgan fingerprint density at radius 1 is 0.909 bits per heavy atom. The Hall–Kier alpha value is -2.41. The highest BCUT2D eigenvalue weighted by Crippen LogP contribution is 2.41. The van der Waals surface area contributed by atoms with Gasteiger partial charge >= 0.3 is 12.1 Å². The number of nitrogens with zero attached hydrogens (tertiary/aromatic N) is 1. The van der Waals surface area contributed by atoms with E-state index >= 15 is 0 Å². The first-order valence-electron chi connectivity index (χ1n) is 6.18. The van der Waals surface area contributed by atoms with Crippen molar-refractivity contribution in [2.75, 3.05) is 5.12 Å². The molecule has 3 nitrogen and oxygen atoms in total. The summed E-state index contributed by atoms with van der Waals surface area (Å²) in [5.41, 5.74) is -5.14. The lowest BCUT2D eigenvalue weighted by Crippen LogP contribution is -2.54. The summed E-state index contributed by atoms with van der Waals surface area (Å²) in [6, 6.07) is 12.1. The van der Waals surface area contributed by atoms with Crippen LogP contribution in [0.1, 0.15) is 5.56 Å². The molecular weight excluding hydrogens is 302 g/mol. The summed E-state index contributed by atoms with van der Waals surface area (Å²) in [7, 11) is 0. The average Bonchev–Trinajstić information content (AvgIpc) is 2.53. The molecule has 1 atom stereocenters. The van der Waals surface area contributed by atoms with E-state index in [-0.39, 0.29) is 0 Å². The van der Waals surface area contributed by atoms with E-state index in [4.69, 9.17) is 0 Å². The van der Waals surface area contributed by atoms with Gasteiger partial charge in [-0.05, 0) is 12.1 Å². The molecule has 0 radical (unpaired) electrons. The zero-order chi connectivity index (χ0) is 16.4. The lowest BCUT2D eigenvalue weighted by atomic mass is 9.92. The summed E-state index contributed by atoms with van der Waals surface area (Å²) in [6.45, 7) is 0. The summed E-state index contributed by atoms with van der Waals surface area (Å²) < 4.78 is 53.8. The van der Waals surface area contributed by atoms with Gasteiger partial charge < -0.3 is 5.11 Å². The highest BCUT2D eigenvalue weighted by atomic mass is 19.4. The number of rotatable bonds is 3. The zero-order valence-corrected chi connectivity index (χ0v) is 11.1. The number of alkyl halides is 3. The SMILES string of the molecule is O=C(N(F)c1ccccc1)C(O)(c1ccccc1)C(F)(F)F. The zero-order valence-electron chi connectivity index (χ0n) is 11.1. The number of para-hydroxylation sites is 1. The fourth-order valence-electron chi connectivity index (χ4n) is 1.91. The molecule has 0 aliphatic carbocycles. The number of aliphatic hydroxyl groups is 1. The smallest absolute Gasteiger partial charge is 0.368 e. The van der Waals surface area contributed by atoms with Crippen LogP contribution in [0.4, 0.5) is 23.3 Å². The van der Waals surface area contributed by atoms with Crippen molar-refractivity contribution in [3.63, 3.8) is 0 Å². The number of amides is 1. The van der Waals surface area contributed by atoms with Crippen molar-refractivity contribution < 1.29 is 27.6 Å².